The largest absolute Gasteiger partial charge is 0.344 e. The first kappa shape index (κ1) is 10.3. The minimum Gasteiger partial charge on any atom is -0.344 e. The molecule has 13 heavy (non-hydrogen) atoms. The number of rotatable bonds is 3. The predicted molar refractivity (Wildman–Crippen MR) is 55.1 cm³/mol. The molecule has 0 aromatic carbocycles. The normalized spacial score (nSPS) is 23.5. The third-order valence-electron chi connectivity index (χ3n) is 2.64. The van der Waals surface area contributed by atoms with Gasteiger partial charge in [-0.1, -0.05) is 0 Å². The molecule has 1 saturated heterocycles. The minimum absolute atomic E-state index is 0.514. The molecule has 1 N–H and O–H groups in total. The molecule has 1 aliphatic heterocycles. The summed E-state index contributed by atoms with van der Waals surface area (Å²) in [5.74, 6) is 0.642. The molecule has 0 amide bonds. The Morgan fingerprint density at radius 2 is 2.08 bits per heavy atom. The van der Waals surface area contributed by atoms with Crippen molar-refractivity contribution in [2.75, 3.05) is 41.3 Å². The zero-order valence-electron chi connectivity index (χ0n) is 9.04. The van der Waals surface area contributed by atoms with E-state index in [0.717, 1.165) is 19.5 Å². The Hall–Kier alpha value is -0.770. The number of hydrogen-bond acceptors (Lipinski definition) is 2. The van der Waals surface area contributed by atoms with Crippen LogP contribution in [0.2, 0.25) is 0 Å². The van der Waals surface area contributed by atoms with Crippen LogP contribution in [0.4, 0.5) is 0 Å². The van der Waals surface area contributed by atoms with Crippen molar-refractivity contribution in [1.82, 2.24) is 14.7 Å². The monoisotopic (exact) mass is 184 g/mol. The highest BCUT2D eigenvalue weighted by Crippen LogP contribution is 2.13. The molecular weight excluding hydrogens is 164 g/mol. The standard InChI is InChI=1S/C9H20N4/c1-11(2)6-5-8-7-12(3)9(10)13(8)4/h8,10H,5-7H2,1-4H3. The molecule has 0 aliphatic carbocycles. The highest BCUT2D eigenvalue weighted by atomic mass is 15.4. The predicted octanol–water partition coefficient (Wildman–Crippen LogP) is 0.119. The van der Waals surface area contributed by atoms with Gasteiger partial charge in [0.2, 0.25) is 0 Å². The summed E-state index contributed by atoms with van der Waals surface area (Å²) in [5.41, 5.74) is 0. The van der Waals surface area contributed by atoms with E-state index in [0.29, 0.717) is 12.0 Å². The molecule has 0 aromatic rings. The second kappa shape index (κ2) is 3.96. The van der Waals surface area contributed by atoms with Gasteiger partial charge in [0, 0.05) is 20.6 Å². The van der Waals surface area contributed by atoms with E-state index in [1.807, 2.05) is 19.0 Å². The van der Waals surface area contributed by atoms with Crippen LogP contribution in [0.1, 0.15) is 6.42 Å². The Labute approximate surface area is 80.6 Å². The van der Waals surface area contributed by atoms with E-state index in [4.69, 9.17) is 5.41 Å². The molecule has 0 bridgehead atoms. The summed E-state index contributed by atoms with van der Waals surface area (Å²) in [4.78, 5) is 6.25. The molecule has 1 unspecified atom stereocenters. The van der Waals surface area contributed by atoms with Crippen molar-refractivity contribution >= 4 is 5.96 Å². The van der Waals surface area contributed by atoms with Crippen LogP contribution in [0.25, 0.3) is 0 Å². The fourth-order valence-electron chi connectivity index (χ4n) is 1.66. The summed E-state index contributed by atoms with van der Waals surface area (Å²) in [5, 5.41) is 7.72. The van der Waals surface area contributed by atoms with Crippen LogP contribution in [0.15, 0.2) is 0 Å². The highest BCUT2D eigenvalue weighted by Gasteiger charge is 2.28. The van der Waals surface area contributed by atoms with Gasteiger partial charge < -0.3 is 14.7 Å². The molecule has 1 rings (SSSR count). The number of hydrogen-bond donors (Lipinski definition) is 1. The second-order valence-corrected chi connectivity index (χ2v) is 4.06. The summed E-state index contributed by atoms with van der Waals surface area (Å²) < 4.78 is 0. The van der Waals surface area contributed by atoms with Gasteiger partial charge >= 0.3 is 0 Å². The molecule has 1 fully saturated rings. The van der Waals surface area contributed by atoms with E-state index < -0.39 is 0 Å². The maximum Gasteiger partial charge on any atom is 0.193 e. The van der Waals surface area contributed by atoms with Crippen LogP contribution in [-0.2, 0) is 0 Å². The first-order chi connectivity index (χ1) is 6.02. The van der Waals surface area contributed by atoms with Crippen molar-refractivity contribution in [3.05, 3.63) is 0 Å². The zero-order chi connectivity index (χ0) is 10.0. The molecule has 76 valence electrons. The summed E-state index contributed by atoms with van der Waals surface area (Å²) in [7, 11) is 8.16. The Kier molecular flexibility index (Phi) is 3.14. The average molecular weight is 184 g/mol. The van der Waals surface area contributed by atoms with Crippen LogP contribution in [0, 0.1) is 5.41 Å². The number of likely N-dealkylation sites (N-methyl/N-ethyl adjacent to an activating group) is 2. The van der Waals surface area contributed by atoms with Crippen molar-refractivity contribution in [1.29, 1.82) is 5.41 Å². The maximum absolute atomic E-state index is 7.72. The topological polar surface area (TPSA) is 33.6 Å². The van der Waals surface area contributed by atoms with Crippen LogP contribution in [0.3, 0.4) is 0 Å². The molecule has 4 nitrogen and oxygen atoms in total. The van der Waals surface area contributed by atoms with E-state index in [9.17, 15) is 0 Å². The minimum atomic E-state index is 0.514. The number of nitrogens with zero attached hydrogens (tertiary/aromatic N) is 3. The van der Waals surface area contributed by atoms with E-state index in [1.165, 1.54) is 0 Å². The zero-order valence-corrected chi connectivity index (χ0v) is 9.04. The van der Waals surface area contributed by atoms with Crippen LogP contribution in [0.5, 0.6) is 0 Å². The molecule has 1 aliphatic rings. The van der Waals surface area contributed by atoms with E-state index >= 15 is 0 Å². The first-order valence-corrected chi connectivity index (χ1v) is 4.69. The van der Waals surface area contributed by atoms with Gasteiger partial charge in [-0.15, -0.1) is 0 Å². The fourth-order valence-corrected chi connectivity index (χ4v) is 1.66. The Balaban J connectivity index is 2.40. The lowest BCUT2D eigenvalue weighted by molar-refractivity contribution is 0.314. The van der Waals surface area contributed by atoms with Gasteiger partial charge in [0.1, 0.15) is 0 Å². The molecule has 0 spiro atoms. The van der Waals surface area contributed by atoms with E-state index in [-0.39, 0.29) is 0 Å². The third kappa shape index (κ3) is 2.34. The highest BCUT2D eigenvalue weighted by molar-refractivity contribution is 5.78. The lowest BCUT2D eigenvalue weighted by Crippen LogP contribution is -2.32. The molecule has 0 aromatic heterocycles. The van der Waals surface area contributed by atoms with Gasteiger partial charge in [-0.3, -0.25) is 5.41 Å². The summed E-state index contributed by atoms with van der Waals surface area (Å²) in [6, 6.07) is 0.514. The van der Waals surface area contributed by atoms with Crippen molar-refractivity contribution < 1.29 is 0 Å². The molecule has 0 radical (unpaired) electrons. The Morgan fingerprint density at radius 3 is 2.46 bits per heavy atom. The second-order valence-electron chi connectivity index (χ2n) is 4.06. The van der Waals surface area contributed by atoms with Crippen molar-refractivity contribution in [2.24, 2.45) is 0 Å². The molecule has 0 saturated carbocycles. The van der Waals surface area contributed by atoms with Gasteiger partial charge in [-0.25, -0.2) is 0 Å². The van der Waals surface area contributed by atoms with Crippen molar-refractivity contribution in [3.8, 4) is 0 Å². The fraction of sp³-hybridized carbons (Fsp3) is 0.889. The SMILES string of the molecule is CN(C)CCC1CN(C)C(=N)N1C. The first-order valence-electron chi connectivity index (χ1n) is 4.69. The van der Waals surface area contributed by atoms with Crippen LogP contribution in [-0.4, -0.2) is 68.0 Å². The van der Waals surface area contributed by atoms with Crippen molar-refractivity contribution in [3.63, 3.8) is 0 Å². The summed E-state index contributed by atoms with van der Waals surface area (Å²) >= 11 is 0. The summed E-state index contributed by atoms with van der Waals surface area (Å²) in [6.07, 6.45) is 1.14. The molecule has 4 heteroatoms. The quantitative estimate of drug-likeness (QED) is 0.676. The number of guanidine groups is 1. The lowest BCUT2D eigenvalue weighted by atomic mass is 10.2. The van der Waals surface area contributed by atoms with Crippen LogP contribution >= 0.6 is 0 Å². The lowest BCUT2D eigenvalue weighted by Gasteiger charge is -2.20. The van der Waals surface area contributed by atoms with Gasteiger partial charge in [-0.05, 0) is 27.1 Å². The molecular formula is C9H20N4. The molecule has 1 atom stereocenters. The Morgan fingerprint density at radius 1 is 1.46 bits per heavy atom. The smallest absolute Gasteiger partial charge is 0.193 e. The van der Waals surface area contributed by atoms with E-state index in [2.05, 4.69) is 23.9 Å². The third-order valence-corrected chi connectivity index (χ3v) is 2.64. The van der Waals surface area contributed by atoms with Gasteiger partial charge in [0.15, 0.2) is 5.96 Å². The van der Waals surface area contributed by atoms with Gasteiger partial charge in [0.25, 0.3) is 0 Å². The number of nitrogens with one attached hydrogen (secondary N) is 1. The maximum atomic E-state index is 7.72. The van der Waals surface area contributed by atoms with Gasteiger partial charge in [-0.2, -0.15) is 0 Å². The van der Waals surface area contributed by atoms with Crippen molar-refractivity contribution in [2.45, 2.75) is 12.5 Å². The molecule has 1 heterocycles. The van der Waals surface area contributed by atoms with Gasteiger partial charge in [0.05, 0.1) is 6.04 Å². The van der Waals surface area contributed by atoms with Crippen LogP contribution < -0.4 is 0 Å². The van der Waals surface area contributed by atoms with E-state index in [1.54, 1.807) is 0 Å². The Bertz CT molecular complexity index is 190. The average Bonchev–Trinajstić information content (AvgIpc) is 2.29. The summed E-state index contributed by atoms with van der Waals surface area (Å²) in [6.45, 7) is 2.08.